The zero-order valence-corrected chi connectivity index (χ0v) is 12.7. The van der Waals surface area contributed by atoms with Crippen LogP contribution in [0.3, 0.4) is 0 Å². The number of amides is 1. The minimum Gasteiger partial charge on any atom is -0.342 e. The largest absolute Gasteiger partial charge is 0.342 e. The molecule has 1 amide bonds. The summed E-state index contributed by atoms with van der Waals surface area (Å²) < 4.78 is 0. The molecule has 0 aromatic carbocycles. The number of nitrogens with one attached hydrogen (secondary N) is 1. The fourth-order valence-corrected chi connectivity index (χ4v) is 3.96. The highest BCUT2D eigenvalue weighted by atomic mass is 16.2. The van der Waals surface area contributed by atoms with Crippen LogP contribution in [0.15, 0.2) is 0 Å². The third-order valence-corrected chi connectivity index (χ3v) is 5.19. The van der Waals surface area contributed by atoms with Gasteiger partial charge in [0.2, 0.25) is 5.91 Å². The van der Waals surface area contributed by atoms with Gasteiger partial charge in [-0.05, 0) is 45.2 Å². The zero-order valence-electron chi connectivity index (χ0n) is 12.7. The predicted molar refractivity (Wildman–Crippen MR) is 79.1 cm³/mol. The van der Waals surface area contributed by atoms with Gasteiger partial charge < -0.3 is 10.2 Å². The number of piperidine rings is 1. The molecule has 0 atom stereocenters. The summed E-state index contributed by atoms with van der Waals surface area (Å²) in [7, 11) is 2.05. The summed E-state index contributed by atoms with van der Waals surface area (Å²) in [5.74, 6) is 0.433. The Morgan fingerprint density at radius 2 is 1.84 bits per heavy atom. The van der Waals surface area contributed by atoms with Crippen LogP contribution < -0.4 is 5.32 Å². The number of carbonyl (C=O) groups excluding carboxylic acids is 1. The van der Waals surface area contributed by atoms with E-state index in [1.165, 1.54) is 32.1 Å². The van der Waals surface area contributed by atoms with Crippen molar-refractivity contribution in [2.24, 2.45) is 5.41 Å². The lowest BCUT2D eigenvalue weighted by molar-refractivity contribution is -0.146. The van der Waals surface area contributed by atoms with Crippen LogP contribution in [0.5, 0.6) is 0 Å². The number of nitrogens with zero attached hydrogens (tertiary/aromatic N) is 1. The lowest BCUT2D eigenvalue weighted by Crippen LogP contribution is -2.51. The molecule has 2 fully saturated rings. The highest BCUT2D eigenvalue weighted by molar-refractivity contribution is 5.83. The maximum absolute atomic E-state index is 13.0. The van der Waals surface area contributed by atoms with Crippen molar-refractivity contribution in [2.45, 2.75) is 70.8 Å². The monoisotopic (exact) mass is 266 g/mol. The Morgan fingerprint density at radius 3 is 2.42 bits per heavy atom. The molecule has 0 radical (unpaired) electrons. The maximum Gasteiger partial charge on any atom is 0.228 e. The molecule has 0 bridgehead atoms. The van der Waals surface area contributed by atoms with Crippen molar-refractivity contribution < 1.29 is 4.79 Å². The molecule has 1 aliphatic carbocycles. The molecule has 2 aliphatic rings. The second-order valence-corrected chi connectivity index (χ2v) is 6.49. The van der Waals surface area contributed by atoms with Crippen molar-refractivity contribution in [3.63, 3.8) is 0 Å². The lowest BCUT2D eigenvalue weighted by Gasteiger charge is -2.42. The van der Waals surface area contributed by atoms with Crippen LogP contribution in [0.2, 0.25) is 0 Å². The van der Waals surface area contributed by atoms with Crippen molar-refractivity contribution in [1.29, 1.82) is 0 Å². The van der Waals surface area contributed by atoms with Crippen LogP contribution in [0.25, 0.3) is 0 Å². The van der Waals surface area contributed by atoms with Crippen LogP contribution in [0.4, 0.5) is 0 Å². The van der Waals surface area contributed by atoms with E-state index in [4.69, 9.17) is 0 Å². The fraction of sp³-hybridized carbons (Fsp3) is 0.938. The van der Waals surface area contributed by atoms with E-state index in [0.29, 0.717) is 11.9 Å². The van der Waals surface area contributed by atoms with Gasteiger partial charge in [0.1, 0.15) is 0 Å². The van der Waals surface area contributed by atoms with Gasteiger partial charge in [-0.25, -0.2) is 0 Å². The zero-order chi connectivity index (χ0) is 13.7. The molecule has 19 heavy (non-hydrogen) atoms. The maximum atomic E-state index is 13.0. The Balaban J connectivity index is 2.05. The number of rotatable bonds is 4. The first-order chi connectivity index (χ1) is 9.19. The summed E-state index contributed by atoms with van der Waals surface area (Å²) in [5.41, 5.74) is -0.0633. The Hall–Kier alpha value is -0.570. The van der Waals surface area contributed by atoms with E-state index >= 15 is 0 Å². The third kappa shape index (κ3) is 3.31. The minimum atomic E-state index is -0.0633. The molecular weight excluding hydrogens is 236 g/mol. The Bertz CT molecular complexity index is 286. The normalized spacial score (nSPS) is 24.1. The number of carbonyl (C=O) groups is 1. The van der Waals surface area contributed by atoms with Crippen LogP contribution in [0, 0.1) is 5.41 Å². The fourth-order valence-electron chi connectivity index (χ4n) is 3.96. The quantitative estimate of drug-likeness (QED) is 0.848. The first-order valence-electron chi connectivity index (χ1n) is 8.17. The highest BCUT2D eigenvalue weighted by Gasteiger charge is 2.41. The van der Waals surface area contributed by atoms with E-state index in [9.17, 15) is 4.79 Å². The summed E-state index contributed by atoms with van der Waals surface area (Å²) in [6.45, 7) is 4.21. The highest BCUT2D eigenvalue weighted by Crippen LogP contribution is 2.37. The van der Waals surface area contributed by atoms with E-state index in [1.54, 1.807) is 0 Å². The minimum absolute atomic E-state index is 0.0633. The van der Waals surface area contributed by atoms with Crippen molar-refractivity contribution in [2.75, 3.05) is 20.1 Å². The van der Waals surface area contributed by atoms with Crippen LogP contribution in [-0.4, -0.2) is 37.0 Å². The van der Waals surface area contributed by atoms with Gasteiger partial charge in [0.25, 0.3) is 0 Å². The summed E-state index contributed by atoms with van der Waals surface area (Å²) >= 11 is 0. The average Bonchev–Trinajstić information content (AvgIpc) is 2.48. The molecule has 1 heterocycles. The van der Waals surface area contributed by atoms with E-state index in [0.717, 1.165) is 38.8 Å². The van der Waals surface area contributed by atoms with Gasteiger partial charge in [0, 0.05) is 13.1 Å². The van der Waals surface area contributed by atoms with Crippen LogP contribution in [-0.2, 0) is 4.79 Å². The smallest absolute Gasteiger partial charge is 0.228 e. The van der Waals surface area contributed by atoms with Crippen LogP contribution >= 0.6 is 0 Å². The Labute approximate surface area is 118 Å². The predicted octanol–water partition coefficient (Wildman–Crippen LogP) is 2.95. The first kappa shape index (κ1) is 14.8. The number of hydrogen-bond acceptors (Lipinski definition) is 2. The lowest BCUT2D eigenvalue weighted by atomic mass is 9.73. The van der Waals surface area contributed by atoms with E-state index < -0.39 is 0 Å². The topological polar surface area (TPSA) is 32.3 Å². The van der Waals surface area contributed by atoms with Gasteiger partial charge in [0.15, 0.2) is 0 Å². The molecular formula is C16H30N2O. The van der Waals surface area contributed by atoms with Gasteiger partial charge in [-0.15, -0.1) is 0 Å². The van der Waals surface area contributed by atoms with Gasteiger partial charge in [-0.1, -0.05) is 32.6 Å². The molecule has 0 aromatic heterocycles. The summed E-state index contributed by atoms with van der Waals surface area (Å²) in [4.78, 5) is 15.1. The van der Waals surface area contributed by atoms with Gasteiger partial charge in [-0.3, -0.25) is 4.79 Å². The molecule has 1 saturated carbocycles. The first-order valence-corrected chi connectivity index (χ1v) is 8.17. The molecule has 1 aliphatic heterocycles. The summed E-state index contributed by atoms with van der Waals surface area (Å²) in [6, 6.07) is 0.505. The van der Waals surface area contributed by atoms with E-state index in [2.05, 4.69) is 24.2 Å². The van der Waals surface area contributed by atoms with Crippen molar-refractivity contribution in [3.8, 4) is 0 Å². The van der Waals surface area contributed by atoms with Crippen LogP contribution in [0.1, 0.15) is 64.7 Å². The standard InChI is InChI=1S/C16H30N2O/c1-3-9-16(10-12-17-13-11-16)15(19)18(2)14-7-5-4-6-8-14/h14,17H,3-13H2,1-2H3. The van der Waals surface area contributed by atoms with Crippen molar-refractivity contribution in [3.05, 3.63) is 0 Å². The molecule has 1 N–H and O–H groups in total. The molecule has 2 rings (SSSR count). The molecule has 3 nitrogen and oxygen atoms in total. The Morgan fingerprint density at radius 1 is 1.21 bits per heavy atom. The van der Waals surface area contributed by atoms with Gasteiger partial charge in [0.05, 0.1) is 5.41 Å². The molecule has 0 unspecified atom stereocenters. The van der Waals surface area contributed by atoms with Gasteiger partial charge in [-0.2, -0.15) is 0 Å². The summed E-state index contributed by atoms with van der Waals surface area (Å²) in [6.07, 6.45) is 10.6. The molecule has 0 aromatic rings. The Kier molecular flexibility index (Phi) is 5.26. The second-order valence-electron chi connectivity index (χ2n) is 6.49. The van der Waals surface area contributed by atoms with E-state index in [-0.39, 0.29) is 5.41 Å². The van der Waals surface area contributed by atoms with Gasteiger partial charge >= 0.3 is 0 Å². The number of hydrogen-bond donors (Lipinski definition) is 1. The summed E-state index contributed by atoms with van der Waals surface area (Å²) in [5, 5.41) is 3.40. The van der Waals surface area contributed by atoms with Crippen molar-refractivity contribution in [1.82, 2.24) is 10.2 Å². The van der Waals surface area contributed by atoms with Crippen molar-refractivity contribution >= 4 is 5.91 Å². The second kappa shape index (κ2) is 6.74. The molecule has 3 heteroatoms. The molecule has 110 valence electrons. The SMILES string of the molecule is CCCC1(C(=O)N(C)C2CCCCC2)CCNCC1. The third-order valence-electron chi connectivity index (χ3n) is 5.19. The molecule has 0 spiro atoms. The molecule has 1 saturated heterocycles. The average molecular weight is 266 g/mol. The van der Waals surface area contributed by atoms with E-state index in [1.807, 2.05) is 0 Å².